The zero-order valence-corrected chi connectivity index (χ0v) is 26.0. The molecule has 0 N–H and O–H groups in total. The number of halogens is 4. The quantitative estimate of drug-likeness (QED) is 0.101. The standard InChI is InChI=1S/C42H22F4N4/c1-48-30-10-14-32(15-11-30)50(40-23-29(44)9-19-36(40)46)38-21-7-27-4-16-33-37(20-6-26-5-17-34(38)42(27)41(26)33)49(31-12-2-25(24-47)3-13-31)39-22-28(43)8-18-35(39)45/h2-23H. The summed E-state index contributed by atoms with van der Waals surface area (Å²) in [7, 11) is 0. The molecule has 0 saturated heterocycles. The Bertz CT molecular complexity index is 2490. The lowest BCUT2D eigenvalue weighted by atomic mass is 9.91. The van der Waals surface area contributed by atoms with Gasteiger partial charge >= 0.3 is 0 Å². The van der Waals surface area contributed by atoms with Crippen molar-refractivity contribution in [1.29, 1.82) is 5.26 Å². The van der Waals surface area contributed by atoms with Gasteiger partial charge in [0.25, 0.3) is 0 Å². The van der Waals surface area contributed by atoms with Gasteiger partial charge in [0.05, 0.1) is 41.0 Å². The molecule has 0 fully saturated rings. The average molecular weight is 659 g/mol. The minimum absolute atomic E-state index is 0.00939. The van der Waals surface area contributed by atoms with Gasteiger partial charge < -0.3 is 9.80 Å². The van der Waals surface area contributed by atoms with E-state index in [0.717, 1.165) is 68.7 Å². The summed E-state index contributed by atoms with van der Waals surface area (Å²) in [4.78, 5) is 6.73. The first kappa shape index (κ1) is 30.4. The van der Waals surface area contributed by atoms with Gasteiger partial charge in [-0.25, -0.2) is 22.4 Å². The molecule has 8 heteroatoms. The molecule has 50 heavy (non-hydrogen) atoms. The molecule has 0 aliphatic rings. The lowest BCUT2D eigenvalue weighted by Crippen LogP contribution is -2.13. The van der Waals surface area contributed by atoms with Crippen molar-refractivity contribution in [2.24, 2.45) is 0 Å². The zero-order chi connectivity index (χ0) is 34.5. The Hall–Kier alpha value is -6.90. The third kappa shape index (κ3) is 4.99. The first-order valence-corrected chi connectivity index (χ1v) is 15.5. The maximum atomic E-state index is 15.6. The molecule has 0 atom stereocenters. The Morgan fingerprint density at radius 2 is 0.940 bits per heavy atom. The molecule has 8 rings (SSSR count). The molecule has 0 aliphatic heterocycles. The Kier molecular flexibility index (Phi) is 7.28. The predicted molar refractivity (Wildman–Crippen MR) is 190 cm³/mol. The molecule has 0 spiro atoms. The van der Waals surface area contributed by atoms with Gasteiger partial charge in [0.15, 0.2) is 5.69 Å². The largest absolute Gasteiger partial charge is 0.307 e. The van der Waals surface area contributed by atoms with Crippen LogP contribution in [0, 0.1) is 41.2 Å². The normalized spacial score (nSPS) is 11.2. The van der Waals surface area contributed by atoms with E-state index in [1.165, 1.54) is 0 Å². The van der Waals surface area contributed by atoms with Crippen molar-refractivity contribution in [3.8, 4) is 6.07 Å². The molecule has 0 amide bonds. The van der Waals surface area contributed by atoms with Crippen molar-refractivity contribution >= 4 is 72.1 Å². The second kappa shape index (κ2) is 12.0. The summed E-state index contributed by atoms with van der Waals surface area (Å²) in [6.07, 6.45) is 0. The highest BCUT2D eigenvalue weighted by molar-refractivity contribution is 6.28. The molecule has 8 aromatic carbocycles. The van der Waals surface area contributed by atoms with E-state index in [1.54, 1.807) is 58.3 Å². The topological polar surface area (TPSA) is 34.6 Å². The molecule has 0 unspecified atom stereocenters. The van der Waals surface area contributed by atoms with Crippen LogP contribution in [0.4, 0.5) is 57.4 Å². The van der Waals surface area contributed by atoms with Crippen LogP contribution in [0.2, 0.25) is 0 Å². The first-order chi connectivity index (χ1) is 24.3. The molecule has 0 saturated carbocycles. The van der Waals surface area contributed by atoms with Crippen LogP contribution in [0.25, 0.3) is 37.2 Å². The predicted octanol–water partition coefficient (Wildman–Crippen LogP) is 12.5. The number of nitriles is 1. The van der Waals surface area contributed by atoms with Crippen LogP contribution in [0.15, 0.2) is 133 Å². The Morgan fingerprint density at radius 3 is 1.38 bits per heavy atom. The summed E-state index contributed by atoms with van der Waals surface area (Å²) in [5.74, 6) is -2.50. The smallest absolute Gasteiger partial charge is 0.187 e. The van der Waals surface area contributed by atoms with E-state index < -0.39 is 23.3 Å². The number of nitrogens with zero attached hydrogens (tertiary/aromatic N) is 4. The fraction of sp³-hybridized carbons (Fsp3) is 0. The van der Waals surface area contributed by atoms with Gasteiger partial charge in [0.2, 0.25) is 0 Å². The third-order valence-electron chi connectivity index (χ3n) is 8.89. The average Bonchev–Trinajstić information content (AvgIpc) is 3.15. The lowest BCUT2D eigenvalue weighted by Gasteiger charge is -2.29. The highest BCUT2D eigenvalue weighted by atomic mass is 19.1. The van der Waals surface area contributed by atoms with Gasteiger partial charge in [-0.2, -0.15) is 5.26 Å². The van der Waals surface area contributed by atoms with Crippen molar-refractivity contribution in [2.75, 3.05) is 9.80 Å². The van der Waals surface area contributed by atoms with E-state index in [0.29, 0.717) is 34.0 Å². The first-order valence-electron chi connectivity index (χ1n) is 15.5. The van der Waals surface area contributed by atoms with Crippen LogP contribution < -0.4 is 9.80 Å². The van der Waals surface area contributed by atoms with Gasteiger partial charge in [-0.1, -0.05) is 48.5 Å². The van der Waals surface area contributed by atoms with Crippen molar-refractivity contribution in [3.63, 3.8) is 0 Å². The number of hydrogen-bond acceptors (Lipinski definition) is 3. The van der Waals surface area contributed by atoms with Crippen molar-refractivity contribution in [3.05, 3.63) is 174 Å². The summed E-state index contributed by atoms with van der Waals surface area (Å²) >= 11 is 0. The number of anilines is 6. The van der Waals surface area contributed by atoms with Crippen LogP contribution in [0.1, 0.15) is 5.56 Å². The van der Waals surface area contributed by atoms with Gasteiger partial charge in [0, 0.05) is 34.3 Å². The summed E-state index contributed by atoms with van der Waals surface area (Å²) in [5.41, 5.74) is 2.96. The summed E-state index contributed by atoms with van der Waals surface area (Å²) in [6, 6.07) is 37.1. The van der Waals surface area contributed by atoms with Gasteiger partial charge in [-0.05, 0) is 94.3 Å². The SMILES string of the molecule is [C-]#[N+]c1ccc(N(c2cc(F)ccc2F)c2ccc3ccc4c(N(c5ccc(C#N)cc5)c5cc(F)ccc5F)ccc5ccc2c3c54)cc1. The van der Waals surface area contributed by atoms with Crippen LogP contribution in [0.3, 0.4) is 0 Å². The van der Waals surface area contributed by atoms with E-state index in [4.69, 9.17) is 6.57 Å². The fourth-order valence-electron chi connectivity index (χ4n) is 6.65. The van der Waals surface area contributed by atoms with E-state index >= 15 is 8.78 Å². The summed E-state index contributed by atoms with van der Waals surface area (Å²) in [5, 5.41) is 14.3. The summed E-state index contributed by atoms with van der Waals surface area (Å²) < 4.78 is 60.5. The van der Waals surface area contributed by atoms with Crippen LogP contribution in [-0.4, -0.2) is 0 Å². The van der Waals surface area contributed by atoms with Gasteiger partial charge in [0.1, 0.15) is 23.3 Å². The lowest BCUT2D eigenvalue weighted by molar-refractivity contribution is 0.601. The maximum Gasteiger partial charge on any atom is 0.187 e. The summed E-state index contributed by atoms with van der Waals surface area (Å²) in [6.45, 7) is 7.38. The van der Waals surface area contributed by atoms with Crippen LogP contribution in [-0.2, 0) is 0 Å². The maximum absolute atomic E-state index is 15.6. The number of benzene rings is 8. The van der Waals surface area contributed by atoms with E-state index in [-0.39, 0.29) is 11.4 Å². The van der Waals surface area contributed by atoms with E-state index in [1.807, 2.05) is 48.5 Å². The van der Waals surface area contributed by atoms with E-state index in [9.17, 15) is 14.0 Å². The Morgan fingerprint density at radius 1 is 0.500 bits per heavy atom. The zero-order valence-electron chi connectivity index (χ0n) is 26.0. The molecule has 0 bridgehead atoms. The molecule has 0 aliphatic carbocycles. The minimum Gasteiger partial charge on any atom is -0.307 e. The number of rotatable bonds is 6. The Labute approximate surface area is 284 Å². The Balaban J connectivity index is 1.42. The highest BCUT2D eigenvalue weighted by Gasteiger charge is 2.24. The van der Waals surface area contributed by atoms with Crippen molar-refractivity contribution in [1.82, 2.24) is 0 Å². The van der Waals surface area contributed by atoms with Crippen molar-refractivity contribution < 1.29 is 17.6 Å². The molecule has 0 heterocycles. The van der Waals surface area contributed by atoms with Crippen LogP contribution >= 0.6 is 0 Å². The van der Waals surface area contributed by atoms with E-state index in [2.05, 4.69) is 10.9 Å². The van der Waals surface area contributed by atoms with Crippen molar-refractivity contribution in [2.45, 2.75) is 0 Å². The van der Waals surface area contributed by atoms with Crippen LogP contribution in [0.5, 0.6) is 0 Å². The third-order valence-corrected chi connectivity index (χ3v) is 8.89. The highest BCUT2D eigenvalue weighted by Crippen LogP contribution is 2.48. The molecular weight excluding hydrogens is 636 g/mol. The molecular formula is C42H22F4N4. The molecule has 8 aromatic rings. The molecule has 238 valence electrons. The molecule has 4 nitrogen and oxygen atoms in total. The minimum atomic E-state index is -0.638. The monoisotopic (exact) mass is 658 g/mol. The number of hydrogen-bond donors (Lipinski definition) is 0. The second-order valence-corrected chi connectivity index (χ2v) is 11.7. The molecule has 0 aromatic heterocycles. The second-order valence-electron chi connectivity index (χ2n) is 11.7. The molecule has 0 radical (unpaired) electrons. The fourth-order valence-corrected chi connectivity index (χ4v) is 6.65. The van der Waals surface area contributed by atoms with Gasteiger partial charge in [-0.15, -0.1) is 0 Å². The van der Waals surface area contributed by atoms with Gasteiger partial charge in [-0.3, -0.25) is 0 Å².